The summed E-state index contributed by atoms with van der Waals surface area (Å²) in [7, 11) is 1.87. The number of pyridine rings is 1. The third-order valence-corrected chi connectivity index (χ3v) is 7.02. The van der Waals surface area contributed by atoms with Gasteiger partial charge >= 0.3 is 0 Å². The molecule has 3 aromatic heterocycles. The summed E-state index contributed by atoms with van der Waals surface area (Å²) in [5.41, 5.74) is 3.20. The van der Waals surface area contributed by atoms with Gasteiger partial charge in [0.2, 0.25) is 5.92 Å². The van der Waals surface area contributed by atoms with E-state index in [1.165, 1.54) is 0 Å². The van der Waals surface area contributed by atoms with E-state index in [0.29, 0.717) is 12.1 Å². The maximum Gasteiger partial charge on any atom is 0.251 e. The Bertz CT molecular complexity index is 1340. The first kappa shape index (κ1) is 19.4. The van der Waals surface area contributed by atoms with E-state index in [1.54, 1.807) is 17.1 Å². The SMILES string of the molecule is Cn1cc2c3cc(C(=O)NCc4ccncc4)ccc3n(C3CC4(C3)CC(F)(F)C4)c2n1. The number of carbonyl (C=O) groups excluding carboxylic acids is 1. The first-order valence-electron chi connectivity index (χ1n) is 10.8. The van der Waals surface area contributed by atoms with Crippen LogP contribution in [0.4, 0.5) is 8.78 Å². The van der Waals surface area contributed by atoms with Crippen LogP contribution in [0, 0.1) is 5.41 Å². The third kappa shape index (κ3) is 3.00. The number of alkyl halides is 2. The maximum atomic E-state index is 13.5. The zero-order valence-electron chi connectivity index (χ0n) is 17.7. The fourth-order valence-electron chi connectivity index (χ4n) is 5.67. The van der Waals surface area contributed by atoms with Gasteiger partial charge in [-0.3, -0.25) is 14.5 Å². The number of fused-ring (bicyclic) bond motifs is 3. The Kier molecular flexibility index (Phi) is 4.00. The Morgan fingerprint density at radius 2 is 1.91 bits per heavy atom. The van der Waals surface area contributed by atoms with Crippen molar-refractivity contribution in [2.75, 3.05) is 0 Å². The van der Waals surface area contributed by atoms with Gasteiger partial charge in [-0.15, -0.1) is 0 Å². The van der Waals surface area contributed by atoms with Gasteiger partial charge in [0, 0.05) is 67.4 Å². The first-order chi connectivity index (χ1) is 15.3. The molecular formula is C24H23F2N5O. The van der Waals surface area contributed by atoms with Gasteiger partial charge in [0.1, 0.15) is 0 Å². The van der Waals surface area contributed by atoms with E-state index in [0.717, 1.165) is 40.3 Å². The molecule has 2 saturated carbocycles. The molecule has 0 bridgehead atoms. The van der Waals surface area contributed by atoms with E-state index in [4.69, 9.17) is 0 Å². The molecule has 32 heavy (non-hydrogen) atoms. The van der Waals surface area contributed by atoms with Crippen molar-refractivity contribution in [1.29, 1.82) is 0 Å². The summed E-state index contributed by atoms with van der Waals surface area (Å²) in [4.78, 5) is 16.8. The van der Waals surface area contributed by atoms with Gasteiger partial charge in [-0.25, -0.2) is 8.78 Å². The molecule has 2 fully saturated rings. The molecule has 0 saturated heterocycles. The minimum atomic E-state index is -2.50. The van der Waals surface area contributed by atoms with Crippen molar-refractivity contribution in [3.05, 3.63) is 60.0 Å². The lowest BCUT2D eigenvalue weighted by atomic mass is 9.52. The summed E-state index contributed by atoms with van der Waals surface area (Å²) in [5, 5.41) is 9.54. The Labute approximate surface area is 183 Å². The maximum absolute atomic E-state index is 13.5. The van der Waals surface area contributed by atoms with Gasteiger partial charge in [-0.1, -0.05) is 0 Å². The average molecular weight is 435 g/mol. The quantitative estimate of drug-likeness (QED) is 0.509. The van der Waals surface area contributed by atoms with Crippen LogP contribution >= 0.6 is 0 Å². The largest absolute Gasteiger partial charge is 0.348 e. The van der Waals surface area contributed by atoms with Crippen molar-refractivity contribution in [1.82, 2.24) is 24.6 Å². The minimum Gasteiger partial charge on any atom is -0.348 e. The lowest BCUT2D eigenvalue weighted by Gasteiger charge is -2.57. The molecule has 0 atom stereocenters. The highest BCUT2D eigenvalue weighted by Gasteiger charge is 2.62. The molecule has 1 N–H and O–H groups in total. The number of benzene rings is 1. The topological polar surface area (TPSA) is 64.7 Å². The number of hydrogen-bond donors (Lipinski definition) is 1. The average Bonchev–Trinajstić information content (AvgIpc) is 3.23. The van der Waals surface area contributed by atoms with E-state index >= 15 is 0 Å². The second kappa shape index (κ2) is 6.60. The molecule has 164 valence electrons. The predicted octanol–water partition coefficient (Wildman–Crippen LogP) is 4.60. The summed E-state index contributed by atoms with van der Waals surface area (Å²) in [6.45, 7) is 0.428. The van der Waals surface area contributed by atoms with Crippen LogP contribution in [-0.2, 0) is 13.6 Å². The number of nitrogens with one attached hydrogen (secondary N) is 1. The van der Waals surface area contributed by atoms with Crippen molar-refractivity contribution in [2.45, 2.75) is 44.2 Å². The van der Waals surface area contributed by atoms with Crippen LogP contribution in [-0.4, -0.2) is 31.2 Å². The van der Waals surface area contributed by atoms with Crippen LogP contribution in [0.5, 0.6) is 0 Å². The predicted molar refractivity (Wildman–Crippen MR) is 117 cm³/mol. The zero-order valence-corrected chi connectivity index (χ0v) is 17.7. The molecule has 0 aliphatic heterocycles. The molecular weight excluding hydrogens is 412 g/mol. The number of halogens is 2. The number of rotatable bonds is 4. The summed E-state index contributed by atoms with van der Waals surface area (Å²) < 4.78 is 30.9. The van der Waals surface area contributed by atoms with Crippen LogP contribution in [0.15, 0.2) is 48.9 Å². The fraction of sp³-hybridized carbons (Fsp3) is 0.375. The van der Waals surface area contributed by atoms with Crippen LogP contribution in [0.2, 0.25) is 0 Å². The summed E-state index contributed by atoms with van der Waals surface area (Å²) in [6.07, 6.45) is 6.87. The first-order valence-corrected chi connectivity index (χ1v) is 10.8. The van der Waals surface area contributed by atoms with Gasteiger partial charge in [-0.2, -0.15) is 5.10 Å². The van der Waals surface area contributed by atoms with Crippen LogP contribution < -0.4 is 5.32 Å². The number of aromatic nitrogens is 4. The van der Waals surface area contributed by atoms with Gasteiger partial charge in [-0.05, 0) is 54.2 Å². The Morgan fingerprint density at radius 1 is 1.16 bits per heavy atom. The molecule has 2 aliphatic rings. The van der Waals surface area contributed by atoms with Crippen LogP contribution in [0.1, 0.15) is 47.6 Å². The number of hydrogen-bond acceptors (Lipinski definition) is 3. The molecule has 3 heterocycles. The molecule has 1 amide bonds. The third-order valence-electron chi connectivity index (χ3n) is 7.02. The molecule has 2 aliphatic carbocycles. The Balaban J connectivity index is 1.31. The highest BCUT2D eigenvalue weighted by molar-refractivity contribution is 6.09. The monoisotopic (exact) mass is 435 g/mol. The number of nitrogens with zero attached hydrogens (tertiary/aromatic N) is 4. The van der Waals surface area contributed by atoms with Crippen LogP contribution in [0.3, 0.4) is 0 Å². The molecule has 4 aromatic rings. The number of amides is 1. The van der Waals surface area contributed by atoms with E-state index in [-0.39, 0.29) is 30.2 Å². The minimum absolute atomic E-state index is 0.00284. The van der Waals surface area contributed by atoms with E-state index in [9.17, 15) is 13.6 Å². The van der Waals surface area contributed by atoms with Crippen LogP contribution in [0.25, 0.3) is 21.9 Å². The molecule has 1 spiro atoms. The highest BCUT2D eigenvalue weighted by atomic mass is 19.3. The normalized spacial score (nSPS) is 19.2. The fourth-order valence-corrected chi connectivity index (χ4v) is 5.67. The molecule has 1 aromatic carbocycles. The van der Waals surface area contributed by atoms with Crippen molar-refractivity contribution in [3.8, 4) is 0 Å². The van der Waals surface area contributed by atoms with E-state index < -0.39 is 5.92 Å². The molecule has 0 radical (unpaired) electrons. The van der Waals surface area contributed by atoms with E-state index in [2.05, 4.69) is 20.0 Å². The Morgan fingerprint density at radius 3 is 2.62 bits per heavy atom. The van der Waals surface area contributed by atoms with Gasteiger partial charge in [0.05, 0.1) is 5.52 Å². The molecule has 6 rings (SSSR count). The molecule has 8 heteroatoms. The molecule has 0 unspecified atom stereocenters. The molecule has 6 nitrogen and oxygen atoms in total. The highest BCUT2D eigenvalue weighted by Crippen LogP contribution is 2.66. The zero-order chi connectivity index (χ0) is 22.1. The smallest absolute Gasteiger partial charge is 0.251 e. The van der Waals surface area contributed by atoms with Crippen molar-refractivity contribution >= 4 is 27.8 Å². The second-order valence-corrected chi connectivity index (χ2v) is 9.45. The Hall–Kier alpha value is -3.29. The van der Waals surface area contributed by atoms with Crippen molar-refractivity contribution in [3.63, 3.8) is 0 Å². The van der Waals surface area contributed by atoms with E-state index in [1.807, 2.05) is 43.6 Å². The number of carbonyl (C=O) groups is 1. The lowest BCUT2D eigenvalue weighted by Crippen LogP contribution is -2.53. The summed E-state index contributed by atoms with van der Waals surface area (Å²) in [6, 6.07) is 9.58. The second-order valence-electron chi connectivity index (χ2n) is 9.45. The number of aryl methyl sites for hydroxylation is 1. The summed E-state index contributed by atoms with van der Waals surface area (Å²) >= 11 is 0. The lowest BCUT2D eigenvalue weighted by molar-refractivity contribution is -0.202. The summed E-state index contributed by atoms with van der Waals surface area (Å²) in [5.74, 6) is -2.64. The standard InChI is InChI=1S/C24H23F2N5O/c1-30-12-19-18-8-16(22(32)28-11-15-4-6-27-7-5-15)2-3-20(18)31(21(19)29-30)17-9-23(10-17)13-24(25,26)14-23/h2-8,12,17H,9-11,13-14H2,1H3,(H,28,32). The van der Waals surface area contributed by atoms with Crippen molar-refractivity contribution in [2.24, 2.45) is 12.5 Å². The van der Waals surface area contributed by atoms with Crippen molar-refractivity contribution < 1.29 is 13.6 Å². The van der Waals surface area contributed by atoms with Gasteiger partial charge in [0.25, 0.3) is 5.91 Å². The van der Waals surface area contributed by atoms with Gasteiger partial charge < -0.3 is 9.88 Å². The van der Waals surface area contributed by atoms with Gasteiger partial charge in [0.15, 0.2) is 5.65 Å².